The Kier molecular flexibility index (Phi) is 5.28. The molecule has 3 aliphatic rings. The van der Waals surface area contributed by atoms with Crippen LogP contribution in [0.5, 0.6) is 0 Å². The second-order valence-electron chi connectivity index (χ2n) is 11.9. The summed E-state index contributed by atoms with van der Waals surface area (Å²) < 4.78 is 0. The fraction of sp³-hybridized carbons (Fsp3) is 1.00. The zero-order valence-corrected chi connectivity index (χ0v) is 18.6. The molecular weight excluding hydrogens is 340 g/mol. The van der Waals surface area contributed by atoms with Gasteiger partial charge in [0.05, 0.1) is 0 Å². The third-order valence-electron chi connectivity index (χ3n) is 6.97. The SMILES string of the molecule is CC1(C)CC(NC2CC2NC2CC(C)(C)N(O)C(C)(C)C2)CC(C)(C)N1O. The molecule has 0 spiro atoms. The highest BCUT2D eigenvalue weighted by molar-refractivity contribution is 5.08. The van der Waals surface area contributed by atoms with E-state index in [-0.39, 0.29) is 22.2 Å². The van der Waals surface area contributed by atoms with Gasteiger partial charge in [-0.05, 0) is 87.5 Å². The van der Waals surface area contributed by atoms with Gasteiger partial charge in [0.2, 0.25) is 0 Å². The van der Waals surface area contributed by atoms with Gasteiger partial charge >= 0.3 is 0 Å². The summed E-state index contributed by atoms with van der Waals surface area (Å²) in [6.45, 7) is 17.0. The van der Waals surface area contributed by atoms with Gasteiger partial charge in [0.15, 0.2) is 0 Å². The normalized spacial score (nSPS) is 36.7. The van der Waals surface area contributed by atoms with Crippen molar-refractivity contribution in [3.8, 4) is 0 Å². The van der Waals surface area contributed by atoms with Crippen LogP contribution in [-0.4, -0.2) is 66.9 Å². The highest BCUT2D eigenvalue weighted by Crippen LogP contribution is 2.40. The molecular formula is C21H42N4O2. The molecule has 6 heteroatoms. The number of piperidine rings is 2. The van der Waals surface area contributed by atoms with Crippen LogP contribution in [0.3, 0.4) is 0 Å². The molecule has 1 saturated carbocycles. The van der Waals surface area contributed by atoms with E-state index in [9.17, 15) is 10.4 Å². The summed E-state index contributed by atoms with van der Waals surface area (Å²) in [5.74, 6) is 0. The van der Waals surface area contributed by atoms with Crippen molar-refractivity contribution >= 4 is 0 Å². The van der Waals surface area contributed by atoms with Crippen LogP contribution in [0, 0.1) is 0 Å². The lowest BCUT2D eigenvalue weighted by Gasteiger charge is -2.52. The quantitative estimate of drug-likeness (QED) is 0.599. The molecule has 0 aromatic carbocycles. The zero-order chi connectivity index (χ0) is 20.4. The molecule has 2 saturated heterocycles. The Morgan fingerprint density at radius 2 is 0.852 bits per heavy atom. The number of hydrogen-bond donors (Lipinski definition) is 4. The van der Waals surface area contributed by atoms with E-state index in [0.717, 1.165) is 25.7 Å². The molecule has 27 heavy (non-hydrogen) atoms. The molecule has 3 fully saturated rings. The van der Waals surface area contributed by atoms with E-state index in [0.29, 0.717) is 24.2 Å². The molecule has 2 heterocycles. The topological polar surface area (TPSA) is 71.0 Å². The highest BCUT2D eigenvalue weighted by Gasteiger charge is 2.50. The van der Waals surface area contributed by atoms with Crippen molar-refractivity contribution in [1.29, 1.82) is 0 Å². The van der Waals surface area contributed by atoms with Crippen LogP contribution in [0.1, 0.15) is 87.5 Å². The van der Waals surface area contributed by atoms with E-state index in [1.54, 1.807) is 10.1 Å². The van der Waals surface area contributed by atoms with Gasteiger partial charge in [-0.2, -0.15) is 10.1 Å². The lowest BCUT2D eigenvalue weighted by Crippen LogP contribution is -2.63. The molecule has 3 rings (SSSR count). The van der Waals surface area contributed by atoms with Gasteiger partial charge in [-0.15, -0.1) is 0 Å². The summed E-state index contributed by atoms with van der Waals surface area (Å²) in [4.78, 5) is 0. The maximum atomic E-state index is 10.5. The minimum Gasteiger partial charge on any atom is -0.313 e. The molecule has 1 aliphatic carbocycles. The van der Waals surface area contributed by atoms with Gasteiger partial charge in [-0.3, -0.25) is 0 Å². The van der Waals surface area contributed by atoms with Crippen molar-refractivity contribution < 1.29 is 10.4 Å². The minimum absolute atomic E-state index is 0.209. The van der Waals surface area contributed by atoms with Crippen LogP contribution in [0.2, 0.25) is 0 Å². The van der Waals surface area contributed by atoms with E-state index in [4.69, 9.17) is 0 Å². The van der Waals surface area contributed by atoms with Crippen molar-refractivity contribution in [3.05, 3.63) is 0 Å². The summed E-state index contributed by atoms with van der Waals surface area (Å²) in [5, 5.41) is 31.8. The fourth-order valence-electron chi connectivity index (χ4n) is 5.95. The minimum atomic E-state index is -0.209. The first-order chi connectivity index (χ1) is 12.1. The maximum Gasteiger partial charge on any atom is 0.0425 e. The van der Waals surface area contributed by atoms with Crippen LogP contribution in [0.25, 0.3) is 0 Å². The maximum absolute atomic E-state index is 10.5. The number of hydroxylamine groups is 4. The molecule has 2 atom stereocenters. The first kappa shape index (κ1) is 21.5. The van der Waals surface area contributed by atoms with E-state index >= 15 is 0 Å². The molecule has 6 nitrogen and oxygen atoms in total. The van der Waals surface area contributed by atoms with Crippen molar-refractivity contribution in [1.82, 2.24) is 20.8 Å². The summed E-state index contributed by atoms with van der Waals surface area (Å²) in [6.07, 6.45) is 5.00. The standard InChI is InChI=1S/C21H42N4O2/c1-18(2)10-14(11-19(3,4)24(18)26)22-16-9-17(16)23-15-12-20(5,6)25(27)21(7,8)13-15/h14-17,22-23,26-27H,9-13H2,1-8H3. The van der Waals surface area contributed by atoms with Gasteiger partial charge in [0.25, 0.3) is 0 Å². The van der Waals surface area contributed by atoms with Crippen molar-refractivity contribution in [2.45, 2.75) is 134 Å². The van der Waals surface area contributed by atoms with Gasteiger partial charge in [0, 0.05) is 46.3 Å². The lowest BCUT2D eigenvalue weighted by molar-refractivity contribution is -0.246. The van der Waals surface area contributed by atoms with Crippen LogP contribution < -0.4 is 10.6 Å². The number of rotatable bonds is 4. The molecule has 2 unspecified atom stereocenters. The predicted octanol–water partition coefficient (Wildman–Crippen LogP) is 3.13. The molecule has 4 N–H and O–H groups in total. The fourth-order valence-corrected chi connectivity index (χ4v) is 5.95. The molecule has 2 aliphatic heterocycles. The van der Waals surface area contributed by atoms with Crippen LogP contribution in [0.4, 0.5) is 0 Å². The Morgan fingerprint density at radius 1 is 0.593 bits per heavy atom. The summed E-state index contributed by atoms with van der Waals surface area (Å²) in [6, 6.07) is 1.90. The Bertz CT molecular complexity index is 476. The molecule has 0 aromatic heterocycles. The Balaban J connectivity index is 1.54. The molecule has 0 bridgehead atoms. The molecule has 0 radical (unpaired) electrons. The van der Waals surface area contributed by atoms with Crippen molar-refractivity contribution in [3.63, 3.8) is 0 Å². The van der Waals surface area contributed by atoms with Crippen molar-refractivity contribution in [2.24, 2.45) is 0 Å². The third kappa shape index (κ3) is 4.36. The monoisotopic (exact) mass is 382 g/mol. The first-order valence-corrected chi connectivity index (χ1v) is 10.6. The summed E-state index contributed by atoms with van der Waals surface area (Å²) >= 11 is 0. The van der Waals surface area contributed by atoms with E-state index in [2.05, 4.69) is 66.0 Å². The zero-order valence-electron chi connectivity index (χ0n) is 18.6. The summed E-state index contributed by atoms with van der Waals surface area (Å²) in [5.41, 5.74) is -0.836. The average Bonchev–Trinajstić information content (AvgIpc) is 3.18. The number of hydrogen-bond acceptors (Lipinski definition) is 6. The lowest BCUT2D eigenvalue weighted by atomic mass is 9.78. The smallest absolute Gasteiger partial charge is 0.0425 e. The van der Waals surface area contributed by atoms with Gasteiger partial charge in [-0.1, -0.05) is 0 Å². The Labute approximate surface area is 165 Å². The average molecular weight is 383 g/mol. The Hall–Kier alpha value is -0.240. The van der Waals surface area contributed by atoms with Crippen LogP contribution >= 0.6 is 0 Å². The van der Waals surface area contributed by atoms with E-state index in [1.165, 1.54) is 6.42 Å². The number of nitrogens with one attached hydrogen (secondary N) is 2. The summed E-state index contributed by atoms with van der Waals surface area (Å²) in [7, 11) is 0. The first-order valence-electron chi connectivity index (χ1n) is 10.6. The van der Waals surface area contributed by atoms with Gasteiger partial charge in [-0.25, -0.2) is 0 Å². The highest BCUT2D eigenvalue weighted by atomic mass is 16.5. The molecule has 0 amide bonds. The van der Waals surface area contributed by atoms with Gasteiger partial charge < -0.3 is 21.0 Å². The molecule has 0 aromatic rings. The second-order valence-corrected chi connectivity index (χ2v) is 11.9. The van der Waals surface area contributed by atoms with E-state index in [1.807, 2.05) is 0 Å². The van der Waals surface area contributed by atoms with Crippen LogP contribution in [0.15, 0.2) is 0 Å². The Morgan fingerprint density at radius 3 is 1.11 bits per heavy atom. The third-order valence-corrected chi connectivity index (χ3v) is 6.97. The largest absolute Gasteiger partial charge is 0.313 e. The second kappa shape index (κ2) is 6.64. The van der Waals surface area contributed by atoms with Gasteiger partial charge in [0.1, 0.15) is 0 Å². The predicted molar refractivity (Wildman–Crippen MR) is 108 cm³/mol. The van der Waals surface area contributed by atoms with Crippen molar-refractivity contribution in [2.75, 3.05) is 0 Å². The molecule has 158 valence electrons. The number of nitrogens with zero attached hydrogens (tertiary/aromatic N) is 2. The van der Waals surface area contributed by atoms with Crippen LogP contribution in [-0.2, 0) is 0 Å². The van der Waals surface area contributed by atoms with E-state index < -0.39 is 0 Å².